The minimum absolute atomic E-state index is 0.283. The van der Waals surface area contributed by atoms with Gasteiger partial charge in [0, 0.05) is 67.2 Å². The van der Waals surface area contributed by atoms with E-state index in [-0.39, 0.29) is 5.92 Å². The zero-order chi connectivity index (χ0) is 23.8. The molecule has 1 aliphatic heterocycles. The summed E-state index contributed by atoms with van der Waals surface area (Å²) >= 11 is 6.84. The smallest absolute Gasteiger partial charge is 0.219 e. The Balaban J connectivity index is 1.63. The van der Waals surface area contributed by atoms with E-state index in [1.54, 1.807) is 23.1 Å². The first-order valence-corrected chi connectivity index (χ1v) is 11.3. The molecule has 0 radical (unpaired) electrons. The molecule has 8 nitrogen and oxygen atoms in total. The molecule has 4 aromatic rings. The highest BCUT2D eigenvalue weighted by Gasteiger charge is 2.30. The molecule has 4 heterocycles. The molecule has 0 saturated carbocycles. The van der Waals surface area contributed by atoms with E-state index in [0.29, 0.717) is 46.2 Å². The first-order chi connectivity index (χ1) is 16.5. The Morgan fingerprint density at radius 1 is 1.18 bits per heavy atom. The maximum atomic E-state index is 13.6. The van der Waals surface area contributed by atoms with E-state index in [2.05, 4.69) is 30.0 Å². The molecule has 34 heavy (non-hydrogen) atoms. The number of benzene rings is 1. The predicted molar refractivity (Wildman–Crippen MR) is 128 cm³/mol. The standard InChI is InChI=1S/C24H22ClFN8/c1-27-22-17(19-8-9-33(3)31-19)12-18(25)21(16-4-5-20(26)28-13-16)23(22)34-10-6-15(7-11-34)24-30-29-14-32(24)2/h4-5,8-9,12-15H,6-7,10-11H2,2-3H3. The van der Waals surface area contributed by atoms with Gasteiger partial charge in [-0.05, 0) is 37.1 Å². The number of piperidine rings is 1. The van der Waals surface area contributed by atoms with Gasteiger partial charge in [0.1, 0.15) is 12.2 Å². The van der Waals surface area contributed by atoms with Gasteiger partial charge in [0.2, 0.25) is 11.6 Å². The van der Waals surface area contributed by atoms with Crippen molar-refractivity contribution >= 4 is 23.0 Å². The number of anilines is 1. The summed E-state index contributed by atoms with van der Waals surface area (Å²) in [6.07, 6.45) is 6.73. The van der Waals surface area contributed by atoms with Gasteiger partial charge in [0.05, 0.1) is 18.0 Å². The molecule has 0 unspecified atom stereocenters. The minimum atomic E-state index is -0.568. The third-order valence-corrected chi connectivity index (χ3v) is 6.56. The third-order valence-electron chi connectivity index (χ3n) is 6.27. The first-order valence-electron chi connectivity index (χ1n) is 10.9. The topological polar surface area (TPSA) is 69.0 Å². The largest absolute Gasteiger partial charge is 0.380 e. The molecule has 10 heteroatoms. The van der Waals surface area contributed by atoms with Gasteiger partial charge in [-0.25, -0.2) is 9.83 Å². The average Bonchev–Trinajstić information content (AvgIpc) is 3.47. The molecule has 0 amide bonds. The Morgan fingerprint density at radius 2 is 1.97 bits per heavy atom. The second-order valence-electron chi connectivity index (χ2n) is 8.40. The summed E-state index contributed by atoms with van der Waals surface area (Å²) in [5, 5.41) is 13.3. The maximum Gasteiger partial charge on any atom is 0.219 e. The molecular weight excluding hydrogens is 455 g/mol. The molecule has 172 valence electrons. The number of hydrogen-bond acceptors (Lipinski definition) is 5. The third kappa shape index (κ3) is 3.90. The fourth-order valence-electron chi connectivity index (χ4n) is 4.62. The Hall–Kier alpha value is -3.77. The van der Waals surface area contributed by atoms with Crippen LogP contribution >= 0.6 is 11.6 Å². The molecule has 0 bridgehead atoms. The number of rotatable bonds is 4. The number of hydrogen-bond donors (Lipinski definition) is 0. The van der Waals surface area contributed by atoms with Crippen molar-refractivity contribution in [2.24, 2.45) is 14.1 Å². The van der Waals surface area contributed by atoms with Crippen LogP contribution in [0.15, 0.2) is 43.0 Å². The average molecular weight is 477 g/mol. The fraction of sp³-hybridized carbons (Fsp3) is 0.292. The van der Waals surface area contributed by atoms with E-state index < -0.39 is 5.95 Å². The van der Waals surface area contributed by atoms with Crippen LogP contribution in [0, 0.1) is 12.5 Å². The SMILES string of the molecule is [C-]#[N+]c1c(-c2ccn(C)n2)cc(Cl)c(-c2ccc(F)nc2)c1N1CCC(c2nncn2C)CC1. The number of aryl methyl sites for hydroxylation is 2. The maximum absolute atomic E-state index is 13.6. The molecule has 1 aromatic carbocycles. The van der Waals surface area contributed by atoms with Gasteiger partial charge in [0.25, 0.3) is 0 Å². The lowest BCUT2D eigenvalue weighted by molar-refractivity contribution is 0.474. The Morgan fingerprint density at radius 3 is 2.56 bits per heavy atom. The van der Waals surface area contributed by atoms with Crippen molar-refractivity contribution in [2.75, 3.05) is 18.0 Å². The summed E-state index contributed by atoms with van der Waals surface area (Å²) in [6, 6.07) is 6.59. The predicted octanol–water partition coefficient (Wildman–Crippen LogP) is 5.00. The van der Waals surface area contributed by atoms with Gasteiger partial charge < -0.3 is 9.47 Å². The lowest BCUT2D eigenvalue weighted by Gasteiger charge is -2.36. The van der Waals surface area contributed by atoms with E-state index in [1.165, 1.54) is 12.3 Å². The van der Waals surface area contributed by atoms with Crippen molar-refractivity contribution in [2.45, 2.75) is 18.8 Å². The molecule has 0 aliphatic carbocycles. The molecule has 0 spiro atoms. The lowest BCUT2D eigenvalue weighted by atomic mass is 9.92. The lowest BCUT2D eigenvalue weighted by Crippen LogP contribution is -2.34. The van der Waals surface area contributed by atoms with Crippen molar-refractivity contribution < 1.29 is 4.39 Å². The molecule has 1 fully saturated rings. The van der Waals surface area contributed by atoms with Gasteiger partial charge in [-0.15, -0.1) is 10.2 Å². The van der Waals surface area contributed by atoms with Crippen LogP contribution in [0.4, 0.5) is 15.8 Å². The van der Waals surface area contributed by atoms with Crippen LogP contribution < -0.4 is 4.90 Å². The van der Waals surface area contributed by atoms with Crippen LogP contribution in [0.1, 0.15) is 24.6 Å². The summed E-state index contributed by atoms with van der Waals surface area (Å²) in [6.45, 7) is 9.49. The molecule has 1 aliphatic rings. The van der Waals surface area contributed by atoms with E-state index in [1.807, 2.05) is 30.9 Å². The zero-order valence-corrected chi connectivity index (χ0v) is 19.5. The van der Waals surface area contributed by atoms with E-state index >= 15 is 0 Å². The van der Waals surface area contributed by atoms with Crippen molar-refractivity contribution in [1.29, 1.82) is 0 Å². The van der Waals surface area contributed by atoms with Crippen LogP contribution in [0.2, 0.25) is 5.02 Å². The summed E-state index contributed by atoms with van der Waals surface area (Å²) < 4.78 is 17.2. The Kier molecular flexibility index (Phi) is 5.75. The minimum Gasteiger partial charge on any atom is -0.380 e. The highest BCUT2D eigenvalue weighted by Crippen LogP contribution is 2.49. The summed E-state index contributed by atoms with van der Waals surface area (Å²) in [5.74, 6) is 0.681. The monoisotopic (exact) mass is 476 g/mol. The number of nitrogens with zero attached hydrogens (tertiary/aromatic N) is 8. The second kappa shape index (κ2) is 8.88. The zero-order valence-electron chi connectivity index (χ0n) is 18.8. The summed E-state index contributed by atoms with van der Waals surface area (Å²) in [5.41, 5.74) is 3.89. The summed E-state index contributed by atoms with van der Waals surface area (Å²) in [7, 11) is 3.79. The van der Waals surface area contributed by atoms with Crippen LogP contribution in [0.5, 0.6) is 0 Å². The van der Waals surface area contributed by atoms with Crippen molar-refractivity contribution in [1.82, 2.24) is 29.5 Å². The number of aromatic nitrogens is 6. The quantitative estimate of drug-likeness (QED) is 0.306. The molecule has 1 saturated heterocycles. The van der Waals surface area contributed by atoms with Crippen LogP contribution in [-0.2, 0) is 14.1 Å². The van der Waals surface area contributed by atoms with Gasteiger partial charge in [-0.3, -0.25) is 4.68 Å². The van der Waals surface area contributed by atoms with Crippen molar-refractivity contribution in [3.8, 4) is 22.4 Å². The van der Waals surface area contributed by atoms with E-state index in [0.717, 1.165) is 24.4 Å². The first kappa shape index (κ1) is 22.0. The van der Waals surface area contributed by atoms with Gasteiger partial charge >= 0.3 is 0 Å². The normalized spacial score (nSPS) is 14.4. The Labute approximate surface area is 201 Å². The molecular formula is C24H22ClFN8. The Bertz CT molecular complexity index is 1380. The van der Waals surface area contributed by atoms with Gasteiger partial charge in [-0.1, -0.05) is 11.6 Å². The second-order valence-corrected chi connectivity index (χ2v) is 8.80. The highest BCUT2D eigenvalue weighted by molar-refractivity contribution is 6.35. The molecule has 0 atom stereocenters. The molecule has 5 rings (SSSR count). The van der Waals surface area contributed by atoms with Crippen molar-refractivity contribution in [3.05, 3.63) is 71.2 Å². The molecule has 3 aromatic heterocycles. The van der Waals surface area contributed by atoms with Crippen LogP contribution in [-0.4, -0.2) is 42.6 Å². The fourth-order valence-corrected chi connectivity index (χ4v) is 4.93. The van der Waals surface area contributed by atoms with Gasteiger partial charge in [0.15, 0.2) is 0 Å². The van der Waals surface area contributed by atoms with Gasteiger partial charge in [-0.2, -0.15) is 9.49 Å². The molecule has 0 N–H and O–H groups in total. The van der Waals surface area contributed by atoms with Crippen molar-refractivity contribution in [3.63, 3.8) is 0 Å². The van der Waals surface area contributed by atoms with E-state index in [4.69, 9.17) is 18.2 Å². The van der Waals surface area contributed by atoms with E-state index in [9.17, 15) is 4.39 Å². The number of halogens is 2. The van der Waals surface area contributed by atoms with Crippen LogP contribution in [0.25, 0.3) is 27.2 Å². The van der Waals surface area contributed by atoms with Crippen LogP contribution in [0.3, 0.4) is 0 Å². The summed E-state index contributed by atoms with van der Waals surface area (Å²) in [4.78, 5) is 9.95. The highest BCUT2D eigenvalue weighted by atomic mass is 35.5. The number of pyridine rings is 1.